The molecule has 172 valence electrons. The van der Waals surface area contributed by atoms with Crippen molar-refractivity contribution in [2.75, 3.05) is 32.5 Å². The molecule has 32 heavy (non-hydrogen) atoms. The number of hydrogen-bond acceptors (Lipinski definition) is 7. The van der Waals surface area contributed by atoms with Crippen LogP contribution in [0.2, 0.25) is 0 Å². The molecule has 2 aliphatic heterocycles. The number of thioether (sulfide) groups is 1. The van der Waals surface area contributed by atoms with Gasteiger partial charge in [0.1, 0.15) is 5.25 Å². The van der Waals surface area contributed by atoms with Crippen molar-refractivity contribution in [2.24, 2.45) is 4.99 Å². The van der Waals surface area contributed by atoms with E-state index in [4.69, 9.17) is 4.74 Å². The largest absolute Gasteiger partial charge is 0.449 e. The molecule has 0 aromatic heterocycles. The van der Waals surface area contributed by atoms with E-state index in [1.807, 2.05) is 0 Å². The fraction of sp³-hybridized carbons (Fsp3) is 0.500. The van der Waals surface area contributed by atoms with Gasteiger partial charge < -0.3 is 19.9 Å². The number of benzene rings is 1. The number of likely N-dealkylation sites (tertiary alicyclic amines) is 1. The minimum atomic E-state index is -0.921. The van der Waals surface area contributed by atoms with Crippen LogP contribution in [0.1, 0.15) is 43.0 Å². The number of ether oxygens (including phenoxy) is 1. The molecule has 10 heteroatoms. The van der Waals surface area contributed by atoms with Crippen LogP contribution in [0.25, 0.3) is 0 Å². The Kier molecular flexibility index (Phi) is 7.89. The van der Waals surface area contributed by atoms with Crippen LogP contribution in [0, 0.1) is 0 Å². The van der Waals surface area contributed by atoms with E-state index in [2.05, 4.69) is 15.2 Å². The Morgan fingerprint density at radius 3 is 2.66 bits per heavy atom. The summed E-state index contributed by atoms with van der Waals surface area (Å²) in [6.07, 6.45) is 2.42. The van der Waals surface area contributed by atoms with E-state index >= 15 is 0 Å². The Hall–Kier alpha value is -2.88. The summed E-state index contributed by atoms with van der Waals surface area (Å²) < 4.78 is 5.20. The van der Waals surface area contributed by atoms with Gasteiger partial charge in [0.2, 0.25) is 5.91 Å². The zero-order chi connectivity index (χ0) is 23.3. The van der Waals surface area contributed by atoms with E-state index in [0.717, 1.165) is 25.9 Å². The number of nitrogens with zero attached hydrogens (tertiary/aromatic N) is 3. The quantitative estimate of drug-likeness (QED) is 0.648. The Bertz CT molecular complexity index is 927. The van der Waals surface area contributed by atoms with Crippen LogP contribution in [-0.4, -0.2) is 77.2 Å². The molecule has 2 heterocycles. The Labute approximate surface area is 191 Å². The molecule has 0 bridgehead atoms. The van der Waals surface area contributed by atoms with Gasteiger partial charge in [-0.25, -0.2) is 4.79 Å². The van der Waals surface area contributed by atoms with Crippen molar-refractivity contribution in [3.8, 4) is 0 Å². The normalized spacial score (nSPS) is 19.2. The third-order valence-corrected chi connectivity index (χ3v) is 6.39. The van der Waals surface area contributed by atoms with Crippen LogP contribution >= 0.6 is 11.8 Å². The first kappa shape index (κ1) is 23.8. The van der Waals surface area contributed by atoms with Gasteiger partial charge in [0.25, 0.3) is 11.8 Å². The van der Waals surface area contributed by atoms with Crippen LogP contribution in [-0.2, 0) is 19.1 Å². The van der Waals surface area contributed by atoms with Crippen LogP contribution in [0.5, 0.6) is 0 Å². The molecule has 3 amide bonds. The smallest absolute Gasteiger partial charge is 0.338 e. The summed E-state index contributed by atoms with van der Waals surface area (Å²) in [5.41, 5.74) is 0.617. The van der Waals surface area contributed by atoms with E-state index in [1.165, 1.54) is 36.1 Å². The van der Waals surface area contributed by atoms with Gasteiger partial charge in [-0.3, -0.25) is 14.4 Å². The monoisotopic (exact) mass is 460 g/mol. The van der Waals surface area contributed by atoms with Crippen LogP contribution in [0.15, 0.2) is 29.3 Å². The molecule has 9 nitrogen and oxygen atoms in total. The lowest BCUT2D eigenvalue weighted by molar-refractivity contribution is -0.137. The molecule has 0 spiro atoms. The fourth-order valence-corrected chi connectivity index (χ4v) is 4.59. The molecule has 1 saturated heterocycles. The van der Waals surface area contributed by atoms with Crippen molar-refractivity contribution in [3.63, 3.8) is 0 Å². The summed E-state index contributed by atoms with van der Waals surface area (Å²) in [5.74, 6) is -1.62. The molecular formula is C22H28N4O5S. The van der Waals surface area contributed by atoms with Crippen LogP contribution in [0.3, 0.4) is 0 Å². The second kappa shape index (κ2) is 10.6. The van der Waals surface area contributed by atoms with Crippen LogP contribution < -0.4 is 5.32 Å². The van der Waals surface area contributed by atoms with Gasteiger partial charge in [-0.2, -0.15) is 4.99 Å². The van der Waals surface area contributed by atoms with Gasteiger partial charge in [0.15, 0.2) is 11.3 Å². The Morgan fingerprint density at radius 2 is 1.97 bits per heavy atom. The number of aliphatic imine (C=N–C) groups is 1. The summed E-state index contributed by atoms with van der Waals surface area (Å²) in [7, 11) is 3.16. The highest BCUT2D eigenvalue weighted by molar-refractivity contribution is 8.15. The van der Waals surface area contributed by atoms with Crippen molar-refractivity contribution in [1.82, 2.24) is 9.80 Å². The molecule has 2 aliphatic rings. The first-order valence-corrected chi connectivity index (χ1v) is 11.5. The predicted molar refractivity (Wildman–Crippen MR) is 123 cm³/mol. The minimum Gasteiger partial charge on any atom is -0.449 e. The van der Waals surface area contributed by atoms with E-state index in [9.17, 15) is 19.2 Å². The highest BCUT2D eigenvalue weighted by atomic mass is 32.2. The molecule has 1 fully saturated rings. The lowest BCUT2D eigenvalue weighted by Gasteiger charge is -2.27. The van der Waals surface area contributed by atoms with Crippen LogP contribution in [0.4, 0.5) is 5.69 Å². The molecular weight excluding hydrogens is 432 g/mol. The van der Waals surface area contributed by atoms with Crippen molar-refractivity contribution in [3.05, 3.63) is 29.8 Å². The van der Waals surface area contributed by atoms with Gasteiger partial charge >= 0.3 is 5.97 Å². The van der Waals surface area contributed by atoms with Crippen molar-refractivity contribution < 1.29 is 23.9 Å². The number of hydrogen-bond donors (Lipinski definition) is 1. The Balaban J connectivity index is 1.54. The average molecular weight is 461 g/mol. The first-order valence-electron chi connectivity index (χ1n) is 10.6. The van der Waals surface area contributed by atoms with Gasteiger partial charge in [0, 0.05) is 39.3 Å². The minimum absolute atomic E-state index is 0.00656. The lowest BCUT2D eigenvalue weighted by atomic mass is 10.1. The number of rotatable bonds is 6. The zero-order valence-corrected chi connectivity index (χ0v) is 19.3. The number of amides is 3. The maximum absolute atomic E-state index is 12.5. The van der Waals surface area contributed by atoms with E-state index in [0.29, 0.717) is 10.9 Å². The number of piperidine rings is 1. The van der Waals surface area contributed by atoms with E-state index in [-0.39, 0.29) is 29.7 Å². The highest BCUT2D eigenvalue weighted by Crippen LogP contribution is 2.29. The third kappa shape index (κ3) is 6.09. The highest BCUT2D eigenvalue weighted by Gasteiger charge is 2.33. The number of anilines is 1. The van der Waals surface area contributed by atoms with Gasteiger partial charge in [-0.15, -0.1) is 0 Å². The molecule has 1 aromatic carbocycles. The number of likely N-dealkylation sites (N-methyl/N-ethyl adjacent to an activating group) is 1. The standard InChI is InChI=1S/C22H28N4O5S/c1-14(20(29)25(2)3)31-21(30)15-8-7-9-16(12-15)23-18(27)13-17-19(28)24-22(32-17)26-10-5-4-6-11-26/h7-9,12,14,17H,4-6,10-11,13H2,1-3H3,(H,23,27). The topological polar surface area (TPSA) is 108 Å². The Morgan fingerprint density at radius 1 is 1.25 bits per heavy atom. The van der Waals surface area contributed by atoms with Crippen molar-refractivity contribution >= 4 is 46.3 Å². The maximum Gasteiger partial charge on any atom is 0.338 e. The molecule has 3 rings (SSSR count). The molecule has 2 atom stereocenters. The fourth-order valence-electron chi connectivity index (χ4n) is 3.48. The number of nitrogens with one attached hydrogen (secondary N) is 1. The molecule has 0 saturated carbocycles. The van der Waals surface area contributed by atoms with Crippen molar-refractivity contribution in [2.45, 2.75) is 44.0 Å². The summed E-state index contributed by atoms with van der Waals surface area (Å²) >= 11 is 1.34. The summed E-state index contributed by atoms with van der Waals surface area (Å²) in [5, 5.41) is 2.88. The summed E-state index contributed by atoms with van der Waals surface area (Å²) in [4.78, 5) is 56.6. The van der Waals surface area contributed by atoms with Gasteiger partial charge in [0.05, 0.1) is 5.56 Å². The second-order valence-corrected chi connectivity index (χ2v) is 9.17. The first-order chi connectivity index (χ1) is 15.2. The molecule has 1 aromatic rings. The van der Waals surface area contributed by atoms with E-state index < -0.39 is 17.3 Å². The van der Waals surface area contributed by atoms with Crippen molar-refractivity contribution in [1.29, 1.82) is 0 Å². The lowest BCUT2D eigenvalue weighted by Crippen LogP contribution is -2.34. The SMILES string of the molecule is CC(OC(=O)c1cccc(NC(=O)CC2SC(N3CCCCC3)=NC2=O)c1)C(=O)N(C)C. The number of amidine groups is 1. The summed E-state index contributed by atoms with van der Waals surface area (Å²) in [6.45, 7) is 3.28. The van der Waals surface area contributed by atoms with E-state index in [1.54, 1.807) is 32.3 Å². The summed E-state index contributed by atoms with van der Waals surface area (Å²) in [6, 6.07) is 6.27. The number of carbonyl (C=O) groups is 4. The molecule has 2 unspecified atom stereocenters. The second-order valence-electron chi connectivity index (χ2n) is 8.00. The van der Waals surface area contributed by atoms with Gasteiger partial charge in [-0.1, -0.05) is 17.8 Å². The number of carbonyl (C=O) groups excluding carboxylic acids is 4. The predicted octanol–water partition coefficient (Wildman–Crippen LogP) is 2.13. The van der Waals surface area contributed by atoms with Gasteiger partial charge in [-0.05, 0) is 44.4 Å². The average Bonchev–Trinajstić information content (AvgIpc) is 3.13. The molecule has 1 N–H and O–H groups in total. The number of esters is 1. The molecule has 0 radical (unpaired) electrons. The maximum atomic E-state index is 12.5. The third-order valence-electron chi connectivity index (χ3n) is 5.18. The zero-order valence-electron chi connectivity index (χ0n) is 18.5. The molecule has 0 aliphatic carbocycles.